The summed E-state index contributed by atoms with van der Waals surface area (Å²) in [6.07, 6.45) is 0. The van der Waals surface area contributed by atoms with Crippen LogP contribution in [0.5, 0.6) is 0 Å². The van der Waals surface area contributed by atoms with Crippen molar-refractivity contribution in [3.05, 3.63) is 17.8 Å². The van der Waals surface area contributed by atoms with E-state index in [1.807, 2.05) is 19.1 Å². The van der Waals surface area contributed by atoms with Crippen molar-refractivity contribution in [2.45, 2.75) is 19.0 Å². The molecule has 16 heavy (non-hydrogen) atoms. The zero-order valence-electron chi connectivity index (χ0n) is 9.06. The van der Waals surface area contributed by atoms with Crippen LogP contribution in [0.25, 0.3) is 0 Å². The number of hydrogen-bond acceptors (Lipinski definition) is 6. The maximum atomic E-state index is 4.24. The first kappa shape index (κ1) is 10.9. The molecule has 0 aromatic carbocycles. The summed E-state index contributed by atoms with van der Waals surface area (Å²) < 4.78 is 0. The Kier molecular flexibility index (Phi) is 3.35. The summed E-state index contributed by atoms with van der Waals surface area (Å²) in [7, 11) is 0. The Hall–Kier alpha value is -1.63. The number of aromatic nitrogens is 5. The van der Waals surface area contributed by atoms with Gasteiger partial charge in [-0.3, -0.25) is 0 Å². The van der Waals surface area contributed by atoms with Gasteiger partial charge in [0.05, 0.1) is 5.69 Å². The maximum absolute atomic E-state index is 4.24. The van der Waals surface area contributed by atoms with Crippen LogP contribution >= 0.6 is 11.8 Å². The minimum atomic E-state index is 0.578. The number of hydrogen-bond donors (Lipinski definition) is 2. The molecule has 0 fully saturated rings. The van der Waals surface area contributed by atoms with Crippen LogP contribution in [-0.2, 0) is 0 Å². The summed E-state index contributed by atoms with van der Waals surface area (Å²) in [4.78, 5) is 4.24. The minimum absolute atomic E-state index is 0.578. The second-order valence-corrected chi connectivity index (χ2v) is 4.32. The van der Waals surface area contributed by atoms with Crippen LogP contribution in [0.3, 0.4) is 0 Å². The summed E-state index contributed by atoms with van der Waals surface area (Å²) in [6, 6.07) is 3.73. The molecule has 2 rings (SSSR count). The second kappa shape index (κ2) is 4.93. The van der Waals surface area contributed by atoms with E-state index in [1.165, 1.54) is 0 Å². The number of H-pyrrole nitrogens is 1. The molecule has 6 nitrogen and oxygen atoms in total. The number of aryl methyl sites for hydroxylation is 1. The number of nitrogens with zero attached hydrogens (tertiary/aromatic N) is 4. The van der Waals surface area contributed by atoms with E-state index in [2.05, 4.69) is 37.6 Å². The molecule has 7 heteroatoms. The van der Waals surface area contributed by atoms with Crippen molar-refractivity contribution in [3.8, 4) is 0 Å². The lowest BCUT2D eigenvalue weighted by Gasteiger charge is -1.99. The summed E-state index contributed by atoms with van der Waals surface area (Å²) in [6.45, 7) is 3.95. The zero-order chi connectivity index (χ0) is 11.4. The predicted molar refractivity (Wildman–Crippen MR) is 62.8 cm³/mol. The van der Waals surface area contributed by atoms with E-state index < -0.39 is 0 Å². The average molecular weight is 236 g/mol. The molecular formula is C9H12N6S. The minimum Gasteiger partial charge on any atom is -0.308 e. The van der Waals surface area contributed by atoms with E-state index >= 15 is 0 Å². The number of aromatic amines is 1. The molecule has 0 spiro atoms. The third-order valence-corrected chi connectivity index (χ3v) is 2.51. The highest BCUT2D eigenvalue weighted by Gasteiger charge is 2.03. The standard InChI is InChI=1S/C9H12N6S/c1-3-16-9-11-8(14-15-9)10-7-5-4-6(2)12-13-7/h4-5H,3H2,1-2H3,(H2,10,11,13,14,15). The summed E-state index contributed by atoms with van der Waals surface area (Å²) in [5, 5.41) is 18.5. The Balaban J connectivity index is 2.05. The summed E-state index contributed by atoms with van der Waals surface area (Å²) >= 11 is 1.58. The van der Waals surface area contributed by atoms with Crippen molar-refractivity contribution in [3.63, 3.8) is 0 Å². The van der Waals surface area contributed by atoms with Crippen molar-refractivity contribution >= 4 is 23.5 Å². The van der Waals surface area contributed by atoms with Gasteiger partial charge in [0, 0.05) is 0 Å². The van der Waals surface area contributed by atoms with Gasteiger partial charge >= 0.3 is 0 Å². The average Bonchev–Trinajstić information content (AvgIpc) is 2.70. The van der Waals surface area contributed by atoms with Crippen molar-refractivity contribution in [1.82, 2.24) is 25.4 Å². The number of thioether (sulfide) groups is 1. The molecule has 2 aromatic heterocycles. The lowest BCUT2D eigenvalue weighted by molar-refractivity contribution is 0.971. The van der Waals surface area contributed by atoms with Crippen LogP contribution in [0.15, 0.2) is 17.3 Å². The van der Waals surface area contributed by atoms with Gasteiger partial charge in [0.1, 0.15) is 0 Å². The van der Waals surface area contributed by atoms with Crippen LogP contribution in [0.1, 0.15) is 12.6 Å². The molecule has 2 N–H and O–H groups in total. The van der Waals surface area contributed by atoms with Crippen LogP contribution in [0.2, 0.25) is 0 Å². The van der Waals surface area contributed by atoms with Crippen LogP contribution in [0, 0.1) is 6.92 Å². The fourth-order valence-electron chi connectivity index (χ4n) is 1.08. The van der Waals surface area contributed by atoms with Gasteiger partial charge < -0.3 is 5.32 Å². The van der Waals surface area contributed by atoms with Crippen molar-refractivity contribution in [1.29, 1.82) is 0 Å². The molecule has 0 atom stereocenters. The zero-order valence-corrected chi connectivity index (χ0v) is 9.88. The molecule has 0 saturated carbocycles. The molecule has 0 bridgehead atoms. The van der Waals surface area contributed by atoms with Gasteiger partial charge in [-0.25, -0.2) is 5.10 Å². The lowest BCUT2D eigenvalue weighted by atomic mass is 10.4. The van der Waals surface area contributed by atoms with E-state index in [0.29, 0.717) is 11.8 Å². The smallest absolute Gasteiger partial charge is 0.225 e. The van der Waals surface area contributed by atoms with Crippen LogP contribution in [-0.4, -0.2) is 31.1 Å². The van der Waals surface area contributed by atoms with E-state index in [0.717, 1.165) is 16.6 Å². The van der Waals surface area contributed by atoms with Gasteiger partial charge in [-0.05, 0) is 24.8 Å². The molecule has 0 unspecified atom stereocenters. The van der Waals surface area contributed by atoms with Gasteiger partial charge in [-0.15, -0.1) is 10.2 Å². The Morgan fingerprint density at radius 1 is 1.38 bits per heavy atom. The molecule has 0 saturated heterocycles. The summed E-state index contributed by atoms with van der Waals surface area (Å²) in [5.41, 5.74) is 0.880. The first-order valence-electron chi connectivity index (χ1n) is 4.90. The molecular weight excluding hydrogens is 224 g/mol. The molecule has 2 aromatic rings. The van der Waals surface area contributed by atoms with Crippen molar-refractivity contribution in [2.75, 3.05) is 11.1 Å². The largest absolute Gasteiger partial charge is 0.308 e. The van der Waals surface area contributed by atoms with Crippen molar-refractivity contribution in [2.24, 2.45) is 0 Å². The van der Waals surface area contributed by atoms with E-state index in [-0.39, 0.29) is 0 Å². The molecule has 84 valence electrons. The monoisotopic (exact) mass is 236 g/mol. The highest BCUT2D eigenvalue weighted by Crippen LogP contribution is 2.15. The van der Waals surface area contributed by atoms with Gasteiger partial charge in [-0.2, -0.15) is 10.1 Å². The molecule has 0 aliphatic rings. The highest BCUT2D eigenvalue weighted by molar-refractivity contribution is 7.99. The van der Waals surface area contributed by atoms with Crippen molar-refractivity contribution < 1.29 is 0 Å². The van der Waals surface area contributed by atoms with Gasteiger partial charge in [-0.1, -0.05) is 18.7 Å². The highest BCUT2D eigenvalue weighted by atomic mass is 32.2. The third-order valence-electron chi connectivity index (χ3n) is 1.78. The third kappa shape index (κ3) is 2.69. The quantitative estimate of drug-likeness (QED) is 0.787. The molecule has 0 aliphatic heterocycles. The number of rotatable bonds is 4. The molecule has 2 heterocycles. The van der Waals surface area contributed by atoms with E-state index in [4.69, 9.17) is 0 Å². The Morgan fingerprint density at radius 2 is 2.25 bits per heavy atom. The SMILES string of the molecule is CCSc1n[nH]c(Nc2ccc(C)nn2)n1. The Labute approximate surface area is 97.3 Å². The van der Waals surface area contributed by atoms with Crippen LogP contribution < -0.4 is 5.32 Å². The van der Waals surface area contributed by atoms with Gasteiger partial charge in [0.15, 0.2) is 5.82 Å². The molecule has 0 radical (unpaired) electrons. The summed E-state index contributed by atoms with van der Waals surface area (Å²) in [5.74, 6) is 2.17. The second-order valence-electron chi connectivity index (χ2n) is 3.08. The Bertz CT molecular complexity index is 451. The fourth-order valence-corrected chi connectivity index (χ4v) is 1.61. The first-order chi connectivity index (χ1) is 7.78. The normalized spacial score (nSPS) is 10.4. The van der Waals surface area contributed by atoms with Crippen LogP contribution in [0.4, 0.5) is 11.8 Å². The maximum Gasteiger partial charge on any atom is 0.225 e. The predicted octanol–water partition coefficient (Wildman–Crippen LogP) is 1.76. The molecule has 0 amide bonds. The van der Waals surface area contributed by atoms with E-state index in [9.17, 15) is 0 Å². The topological polar surface area (TPSA) is 79.4 Å². The number of nitrogens with one attached hydrogen (secondary N) is 2. The van der Waals surface area contributed by atoms with Gasteiger partial charge in [0.2, 0.25) is 11.1 Å². The van der Waals surface area contributed by atoms with Gasteiger partial charge in [0.25, 0.3) is 0 Å². The fraction of sp³-hybridized carbons (Fsp3) is 0.333. The Morgan fingerprint density at radius 3 is 2.94 bits per heavy atom. The van der Waals surface area contributed by atoms with E-state index in [1.54, 1.807) is 11.8 Å². The lowest BCUT2D eigenvalue weighted by Crippen LogP contribution is -1.97. The molecule has 0 aliphatic carbocycles. The first-order valence-corrected chi connectivity index (χ1v) is 5.89. The number of anilines is 2.